The summed E-state index contributed by atoms with van der Waals surface area (Å²) in [5.74, 6) is -1.22. The first-order valence-electron chi connectivity index (χ1n) is 3.89. The largest absolute Gasteiger partial charge is 0.613 e. The van der Waals surface area contributed by atoms with Crippen LogP contribution >= 0.6 is 0 Å². The van der Waals surface area contributed by atoms with Gasteiger partial charge in [0.1, 0.15) is 6.29 Å². The van der Waals surface area contributed by atoms with Gasteiger partial charge in [-0.2, -0.15) is 8.78 Å². The highest BCUT2D eigenvalue weighted by atomic mass is 19.3. The standard InChI is InChI=1S/C8H12F2O4/c1-3-14-7(12)6(4-5-11)8(9,10)13-2/h5,12H,3-4H2,1-2H3/p-1/b7-6+. The van der Waals surface area contributed by atoms with Gasteiger partial charge in [0.05, 0.1) is 11.5 Å². The molecule has 0 aromatic carbocycles. The molecule has 0 radical (unpaired) electrons. The third-order valence-electron chi connectivity index (χ3n) is 1.42. The van der Waals surface area contributed by atoms with E-state index in [1.54, 1.807) is 0 Å². The maximum Gasteiger partial charge on any atom is 0.381 e. The number of halogens is 2. The van der Waals surface area contributed by atoms with Gasteiger partial charge in [-0.15, -0.1) is 0 Å². The number of alkyl halides is 2. The van der Waals surface area contributed by atoms with Gasteiger partial charge in [0, 0.05) is 13.5 Å². The van der Waals surface area contributed by atoms with Crippen LogP contribution in [0.4, 0.5) is 8.78 Å². The van der Waals surface area contributed by atoms with Gasteiger partial charge >= 0.3 is 6.11 Å². The van der Waals surface area contributed by atoms with Crippen LogP contribution in [0.3, 0.4) is 0 Å². The zero-order valence-corrected chi connectivity index (χ0v) is 7.88. The number of rotatable bonds is 6. The first-order valence-corrected chi connectivity index (χ1v) is 3.89. The molecule has 0 spiro atoms. The van der Waals surface area contributed by atoms with Crippen LogP contribution in [0.2, 0.25) is 0 Å². The Morgan fingerprint density at radius 3 is 2.50 bits per heavy atom. The van der Waals surface area contributed by atoms with Crippen LogP contribution < -0.4 is 5.11 Å². The van der Waals surface area contributed by atoms with Crippen LogP contribution in [0.15, 0.2) is 11.5 Å². The molecule has 0 fully saturated rings. The molecule has 0 amide bonds. The van der Waals surface area contributed by atoms with E-state index in [2.05, 4.69) is 9.47 Å². The second-order valence-corrected chi connectivity index (χ2v) is 2.29. The van der Waals surface area contributed by atoms with Crippen molar-refractivity contribution >= 4 is 6.29 Å². The molecule has 0 aliphatic heterocycles. The lowest BCUT2D eigenvalue weighted by molar-refractivity contribution is -0.364. The van der Waals surface area contributed by atoms with Crippen molar-refractivity contribution in [2.75, 3.05) is 13.7 Å². The van der Waals surface area contributed by atoms with E-state index in [-0.39, 0.29) is 12.9 Å². The van der Waals surface area contributed by atoms with Gasteiger partial charge in [0.25, 0.3) is 0 Å². The van der Waals surface area contributed by atoms with E-state index >= 15 is 0 Å². The fraction of sp³-hybridized carbons (Fsp3) is 0.625. The minimum absolute atomic E-state index is 0.0407. The number of methoxy groups -OCH3 is 1. The number of carbonyl (C=O) groups excluding carboxylic acids is 1. The number of carbonyl (C=O) groups is 1. The lowest BCUT2D eigenvalue weighted by Crippen LogP contribution is -2.28. The van der Waals surface area contributed by atoms with Crippen molar-refractivity contribution in [2.24, 2.45) is 0 Å². The Morgan fingerprint density at radius 2 is 2.14 bits per heavy atom. The zero-order chi connectivity index (χ0) is 11.2. The van der Waals surface area contributed by atoms with Crippen LogP contribution in [0.1, 0.15) is 13.3 Å². The van der Waals surface area contributed by atoms with E-state index in [4.69, 9.17) is 0 Å². The Bertz CT molecular complexity index is 225. The highest BCUT2D eigenvalue weighted by molar-refractivity contribution is 5.55. The summed E-state index contributed by atoms with van der Waals surface area (Å²) in [6.07, 6.45) is -4.27. The normalized spacial score (nSPS) is 13.4. The summed E-state index contributed by atoms with van der Waals surface area (Å²) in [6.45, 7) is 1.43. The van der Waals surface area contributed by atoms with Gasteiger partial charge in [-0.3, -0.25) is 0 Å². The molecule has 0 heterocycles. The average molecular weight is 209 g/mol. The second-order valence-electron chi connectivity index (χ2n) is 2.29. The lowest BCUT2D eigenvalue weighted by atomic mass is 10.2. The smallest absolute Gasteiger partial charge is 0.381 e. The van der Waals surface area contributed by atoms with Crippen LogP contribution in [-0.2, 0) is 14.3 Å². The van der Waals surface area contributed by atoms with Crippen LogP contribution in [0.5, 0.6) is 0 Å². The van der Waals surface area contributed by atoms with Gasteiger partial charge in [-0.1, -0.05) is 6.92 Å². The second kappa shape index (κ2) is 5.54. The molecule has 0 rings (SSSR count). The summed E-state index contributed by atoms with van der Waals surface area (Å²) in [4.78, 5) is 10.1. The van der Waals surface area contributed by atoms with Crippen LogP contribution in [0.25, 0.3) is 0 Å². The molecule has 0 saturated heterocycles. The number of hydrogen-bond acceptors (Lipinski definition) is 4. The predicted molar refractivity (Wildman–Crippen MR) is 41.3 cm³/mol. The summed E-state index contributed by atoms with van der Waals surface area (Å²) in [5.41, 5.74) is -0.989. The van der Waals surface area contributed by atoms with Gasteiger partial charge in [0.2, 0.25) is 0 Å². The summed E-state index contributed by atoms with van der Waals surface area (Å²) in [7, 11) is 0.740. The third kappa shape index (κ3) is 3.29. The van der Waals surface area contributed by atoms with Crippen molar-refractivity contribution in [1.82, 2.24) is 0 Å². The Labute approximate surface area is 80.1 Å². The zero-order valence-electron chi connectivity index (χ0n) is 7.88. The lowest BCUT2D eigenvalue weighted by Gasteiger charge is -2.23. The number of ether oxygens (including phenoxy) is 2. The monoisotopic (exact) mass is 209 g/mol. The molecular weight excluding hydrogens is 198 g/mol. The molecule has 6 heteroatoms. The van der Waals surface area contributed by atoms with Gasteiger partial charge < -0.3 is 19.4 Å². The SMILES string of the molecule is CCO/C([O-])=C(\CC=O)C(F)(F)OC. The molecule has 82 valence electrons. The molecule has 4 nitrogen and oxygen atoms in total. The van der Waals surface area contributed by atoms with Crippen LogP contribution in [-0.4, -0.2) is 26.1 Å². The molecule has 0 aromatic rings. The molecule has 0 saturated carbocycles. The third-order valence-corrected chi connectivity index (χ3v) is 1.42. The Kier molecular flexibility index (Phi) is 5.07. The van der Waals surface area contributed by atoms with Crippen molar-refractivity contribution in [3.63, 3.8) is 0 Å². The molecule has 14 heavy (non-hydrogen) atoms. The molecule has 0 aromatic heterocycles. The summed E-state index contributed by atoms with van der Waals surface area (Å²) in [5, 5.41) is 11.0. The van der Waals surface area contributed by atoms with E-state index in [9.17, 15) is 18.7 Å². The minimum Gasteiger partial charge on any atom is -0.613 e. The topological polar surface area (TPSA) is 58.6 Å². The van der Waals surface area contributed by atoms with Crippen molar-refractivity contribution in [1.29, 1.82) is 0 Å². The Morgan fingerprint density at radius 1 is 1.57 bits per heavy atom. The molecule has 0 aliphatic rings. The molecule has 0 aliphatic carbocycles. The van der Waals surface area contributed by atoms with Crippen molar-refractivity contribution in [3.05, 3.63) is 11.5 Å². The molecule has 0 N–H and O–H groups in total. The molecule has 0 unspecified atom stereocenters. The van der Waals surface area contributed by atoms with Gasteiger partial charge in [-0.25, -0.2) is 0 Å². The highest BCUT2D eigenvalue weighted by Crippen LogP contribution is 2.28. The maximum absolute atomic E-state index is 12.9. The summed E-state index contributed by atoms with van der Waals surface area (Å²) < 4.78 is 33.9. The first kappa shape index (κ1) is 12.8. The van der Waals surface area contributed by atoms with Crippen molar-refractivity contribution in [3.8, 4) is 0 Å². The van der Waals surface area contributed by atoms with Crippen molar-refractivity contribution in [2.45, 2.75) is 19.5 Å². The summed E-state index contributed by atoms with van der Waals surface area (Å²) in [6, 6.07) is 0. The molecule has 0 atom stereocenters. The number of aldehydes is 1. The number of hydrogen-bond donors (Lipinski definition) is 0. The first-order chi connectivity index (χ1) is 6.49. The van der Waals surface area contributed by atoms with E-state index in [0.29, 0.717) is 0 Å². The fourth-order valence-corrected chi connectivity index (χ4v) is 0.746. The van der Waals surface area contributed by atoms with E-state index < -0.39 is 24.0 Å². The highest BCUT2D eigenvalue weighted by Gasteiger charge is 2.34. The van der Waals surface area contributed by atoms with Gasteiger partial charge in [0.15, 0.2) is 0 Å². The predicted octanol–water partition coefficient (Wildman–Crippen LogP) is 0.423. The maximum atomic E-state index is 12.9. The molecule has 0 bridgehead atoms. The quantitative estimate of drug-likeness (QED) is 0.470. The summed E-state index contributed by atoms with van der Waals surface area (Å²) >= 11 is 0. The van der Waals surface area contributed by atoms with Gasteiger partial charge in [-0.05, 0) is 6.61 Å². The Balaban J connectivity index is 4.90. The van der Waals surface area contributed by atoms with Crippen LogP contribution in [0, 0.1) is 0 Å². The van der Waals surface area contributed by atoms with Crippen molar-refractivity contribution < 1.29 is 28.2 Å². The van der Waals surface area contributed by atoms with E-state index in [1.165, 1.54) is 6.92 Å². The fourth-order valence-electron chi connectivity index (χ4n) is 0.746. The van der Waals surface area contributed by atoms with E-state index in [1.807, 2.05) is 0 Å². The Hall–Kier alpha value is -1.17. The van der Waals surface area contributed by atoms with E-state index in [0.717, 1.165) is 7.11 Å². The average Bonchev–Trinajstić information content (AvgIpc) is 2.14. The minimum atomic E-state index is -3.76. The molecular formula is C8H11F2O4-.